The number of aromatic nitrogens is 2. The second-order valence-electron chi connectivity index (χ2n) is 5.88. The van der Waals surface area contributed by atoms with Gasteiger partial charge in [-0.05, 0) is 30.7 Å². The molecule has 1 unspecified atom stereocenters. The molecule has 0 radical (unpaired) electrons. The molecule has 1 aliphatic rings. The van der Waals surface area contributed by atoms with Crippen molar-refractivity contribution in [3.8, 4) is 11.9 Å². The number of benzene rings is 1. The lowest BCUT2D eigenvalue weighted by molar-refractivity contribution is 0.0523. The van der Waals surface area contributed by atoms with Crippen LogP contribution in [0.3, 0.4) is 0 Å². The van der Waals surface area contributed by atoms with Crippen LogP contribution in [0.15, 0.2) is 41.6 Å². The molecule has 0 saturated carbocycles. The molecule has 1 aliphatic heterocycles. The highest BCUT2D eigenvalue weighted by Gasteiger charge is 2.27. The van der Waals surface area contributed by atoms with Gasteiger partial charge >= 0.3 is 0 Å². The zero-order valence-corrected chi connectivity index (χ0v) is 15.4. The molecule has 2 aromatic rings. The van der Waals surface area contributed by atoms with E-state index in [1.54, 1.807) is 11.8 Å². The van der Waals surface area contributed by atoms with Crippen LogP contribution in [0.1, 0.15) is 35.8 Å². The predicted molar refractivity (Wildman–Crippen MR) is 99.1 cm³/mol. The van der Waals surface area contributed by atoms with Gasteiger partial charge in [-0.25, -0.2) is 9.97 Å². The summed E-state index contributed by atoms with van der Waals surface area (Å²) >= 11 is 1.67. The predicted octanol–water partition coefficient (Wildman–Crippen LogP) is 3.14. The number of thioether (sulfide) groups is 1. The summed E-state index contributed by atoms with van der Waals surface area (Å²) in [5, 5.41) is 9.12. The van der Waals surface area contributed by atoms with Crippen molar-refractivity contribution in [1.29, 1.82) is 5.26 Å². The second kappa shape index (κ2) is 8.68. The lowest BCUT2D eigenvalue weighted by atomic mass is 10.1. The normalized spacial score (nSPS) is 16.8. The summed E-state index contributed by atoms with van der Waals surface area (Å²) in [5.74, 6) is 1.17. The fourth-order valence-electron chi connectivity index (χ4n) is 2.96. The Hall–Kier alpha value is -2.59. The molecule has 1 amide bonds. The SMILES string of the molecule is CCSc1ccccc1C(=O)N1CCCC(Oc2nccnc2C#N)C1. The van der Waals surface area contributed by atoms with Gasteiger partial charge in [0.05, 0.1) is 12.1 Å². The Morgan fingerprint density at radius 1 is 1.38 bits per heavy atom. The van der Waals surface area contributed by atoms with Crippen molar-refractivity contribution < 1.29 is 9.53 Å². The molecule has 0 bridgehead atoms. The van der Waals surface area contributed by atoms with E-state index >= 15 is 0 Å². The molecule has 0 N–H and O–H groups in total. The third-order valence-electron chi connectivity index (χ3n) is 4.13. The molecule has 0 spiro atoms. The first-order valence-electron chi connectivity index (χ1n) is 8.61. The molecule has 3 rings (SSSR count). The van der Waals surface area contributed by atoms with Crippen LogP contribution < -0.4 is 4.74 Å². The van der Waals surface area contributed by atoms with Crippen molar-refractivity contribution in [2.75, 3.05) is 18.8 Å². The maximum absolute atomic E-state index is 13.0. The molecule has 1 fully saturated rings. The summed E-state index contributed by atoms with van der Waals surface area (Å²) in [6.45, 7) is 3.26. The van der Waals surface area contributed by atoms with Crippen LogP contribution in [0, 0.1) is 11.3 Å². The molecule has 1 atom stereocenters. The molecular weight excluding hydrogens is 348 g/mol. The first-order valence-corrected chi connectivity index (χ1v) is 9.60. The van der Waals surface area contributed by atoms with E-state index in [-0.39, 0.29) is 23.6 Å². The monoisotopic (exact) mass is 368 g/mol. The van der Waals surface area contributed by atoms with E-state index in [1.165, 1.54) is 12.4 Å². The van der Waals surface area contributed by atoms with Gasteiger partial charge in [0.1, 0.15) is 12.2 Å². The van der Waals surface area contributed by atoms with E-state index in [2.05, 4.69) is 16.9 Å². The molecule has 1 aromatic carbocycles. The van der Waals surface area contributed by atoms with Crippen LogP contribution in [0.4, 0.5) is 0 Å². The summed E-state index contributed by atoms with van der Waals surface area (Å²) in [5.41, 5.74) is 0.901. The second-order valence-corrected chi connectivity index (χ2v) is 7.19. The fraction of sp³-hybridized carbons (Fsp3) is 0.368. The Kier molecular flexibility index (Phi) is 6.08. The van der Waals surface area contributed by atoms with Gasteiger partial charge in [-0.1, -0.05) is 19.1 Å². The quantitative estimate of drug-likeness (QED) is 0.755. The Morgan fingerprint density at radius 2 is 2.19 bits per heavy atom. The highest BCUT2D eigenvalue weighted by atomic mass is 32.2. The fourth-order valence-corrected chi connectivity index (χ4v) is 3.76. The number of nitriles is 1. The average molecular weight is 368 g/mol. The molecule has 2 heterocycles. The Labute approximate surface area is 157 Å². The number of hydrogen-bond acceptors (Lipinski definition) is 6. The van der Waals surface area contributed by atoms with E-state index in [0.29, 0.717) is 13.1 Å². The van der Waals surface area contributed by atoms with Gasteiger partial charge in [-0.2, -0.15) is 5.26 Å². The van der Waals surface area contributed by atoms with Gasteiger partial charge in [0.15, 0.2) is 0 Å². The minimum absolute atomic E-state index is 0.0227. The maximum atomic E-state index is 13.0. The minimum Gasteiger partial charge on any atom is -0.470 e. The molecule has 26 heavy (non-hydrogen) atoms. The van der Waals surface area contributed by atoms with Gasteiger partial charge in [-0.3, -0.25) is 4.79 Å². The van der Waals surface area contributed by atoms with E-state index in [9.17, 15) is 4.79 Å². The zero-order valence-electron chi connectivity index (χ0n) is 14.6. The van der Waals surface area contributed by atoms with Crippen molar-refractivity contribution in [1.82, 2.24) is 14.9 Å². The summed E-state index contributed by atoms with van der Waals surface area (Å²) in [6, 6.07) is 9.69. The van der Waals surface area contributed by atoms with Crippen molar-refractivity contribution in [2.24, 2.45) is 0 Å². The summed E-state index contributed by atoms with van der Waals surface area (Å²) in [4.78, 5) is 23.9. The maximum Gasteiger partial charge on any atom is 0.255 e. The molecule has 7 heteroatoms. The van der Waals surface area contributed by atoms with Crippen LogP contribution in [0.2, 0.25) is 0 Å². The molecule has 1 aromatic heterocycles. The number of ether oxygens (including phenoxy) is 1. The van der Waals surface area contributed by atoms with E-state index in [1.807, 2.05) is 35.2 Å². The Balaban J connectivity index is 1.72. The van der Waals surface area contributed by atoms with Gasteiger partial charge < -0.3 is 9.64 Å². The summed E-state index contributed by atoms with van der Waals surface area (Å²) in [7, 11) is 0. The average Bonchev–Trinajstić information content (AvgIpc) is 2.69. The van der Waals surface area contributed by atoms with Crippen LogP contribution in [-0.4, -0.2) is 45.7 Å². The van der Waals surface area contributed by atoms with Crippen LogP contribution in [0.25, 0.3) is 0 Å². The highest BCUT2D eigenvalue weighted by Crippen LogP contribution is 2.25. The molecular formula is C19H20N4O2S. The minimum atomic E-state index is -0.192. The topological polar surface area (TPSA) is 79.1 Å². The van der Waals surface area contributed by atoms with Crippen molar-refractivity contribution in [3.63, 3.8) is 0 Å². The lowest BCUT2D eigenvalue weighted by Crippen LogP contribution is -2.44. The number of amides is 1. The third-order valence-corrected chi connectivity index (χ3v) is 5.09. The first kappa shape index (κ1) is 18.2. The van der Waals surface area contributed by atoms with Crippen molar-refractivity contribution >= 4 is 17.7 Å². The number of carbonyl (C=O) groups is 1. The number of piperidine rings is 1. The highest BCUT2D eigenvalue weighted by molar-refractivity contribution is 7.99. The summed E-state index contributed by atoms with van der Waals surface area (Å²) in [6.07, 6.45) is 4.44. The van der Waals surface area contributed by atoms with E-state index < -0.39 is 0 Å². The van der Waals surface area contributed by atoms with Crippen molar-refractivity contribution in [3.05, 3.63) is 47.9 Å². The van der Waals surface area contributed by atoms with Gasteiger partial charge in [0.2, 0.25) is 5.69 Å². The third kappa shape index (κ3) is 4.14. The van der Waals surface area contributed by atoms with Crippen LogP contribution in [-0.2, 0) is 0 Å². The van der Waals surface area contributed by atoms with Gasteiger partial charge in [0.25, 0.3) is 11.8 Å². The molecule has 6 nitrogen and oxygen atoms in total. The Morgan fingerprint density at radius 3 is 3.00 bits per heavy atom. The Bertz CT molecular complexity index is 821. The molecule has 0 aliphatic carbocycles. The number of nitrogens with zero attached hydrogens (tertiary/aromatic N) is 4. The smallest absolute Gasteiger partial charge is 0.255 e. The number of likely N-dealkylation sites (tertiary alicyclic amines) is 1. The summed E-state index contributed by atoms with van der Waals surface area (Å²) < 4.78 is 5.88. The zero-order chi connectivity index (χ0) is 18.4. The largest absolute Gasteiger partial charge is 0.470 e. The van der Waals surface area contributed by atoms with Crippen LogP contribution in [0.5, 0.6) is 5.88 Å². The van der Waals surface area contributed by atoms with E-state index in [0.717, 1.165) is 29.1 Å². The number of rotatable bonds is 5. The standard InChI is InChI=1S/C19H20N4O2S/c1-2-26-17-8-4-3-7-15(17)19(24)23-11-5-6-14(13-23)25-18-16(12-20)21-9-10-22-18/h3-4,7-10,14H,2,5-6,11,13H2,1H3. The molecule has 1 saturated heterocycles. The number of carbonyl (C=O) groups excluding carboxylic acids is 1. The first-order chi connectivity index (χ1) is 12.7. The van der Waals surface area contributed by atoms with Crippen LogP contribution >= 0.6 is 11.8 Å². The number of hydrogen-bond donors (Lipinski definition) is 0. The van der Waals surface area contributed by atoms with E-state index in [4.69, 9.17) is 10.00 Å². The van der Waals surface area contributed by atoms with Gasteiger partial charge in [0, 0.05) is 23.8 Å². The van der Waals surface area contributed by atoms with Gasteiger partial charge in [-0.15, -0.1) is 11.8 Å². The van der Waals surface area contributed by atoms with Crippen molar-refractivity contribution in [2.45, 2.75) is 30.8 Å². The lowest BCUT2D eigenvalue weighted by Gasteiger charge is -2.33. The molecule has 134 valence electrons.